The van der Waals surface area contributed by atoms with Crippen LogP contribution in [0.15, 0.2) is 59.6 Å². The lowest BCUT2D eigenvalue weighted by Crippen LogP contribution is -2.03. The van der Waals surface area contributed by atoms with Crippen LogP contribution in [-0.4, -0.2) is 12.8 Å². The van der Waals surface area contributed by atoms with Crippen LogP contribution in [0.25, 0.3) is 0 Å². The zero-order valence-electron chi connectivity index (χ0n) is 16.7. The Bertz CT molecular complexity index is 1030. The van der Waals surface area contributed by atoms with Crippen molar-refractivity contribution in [1.82, 2.24) is 0 Å². The molecular weight excluding hydrogens is 497 g/mol. The molecule has 0 aliphatic rings. The molecule has 0 bridgehead atoms. The molecule has 0 radical (unpaired) electrons. The molecule has 5 heteroatoms. The third-order valence-electron chi connectivity index (χ3n) is 4.37. The van der Waals surface area contributed by atoms with Crippen molar-refractivity contribution in [1.29, 1.82) is 0 Å². The Kier molecular flexibility index (Phi) is 7.56. The number of nitrogens with zero attached hydrogens (tertiary/aromatic N) is 1. The van der Waals surface area contributed by atoms with E-state index in [4.69, 9.17) is 21.1 Å². The second-order valence-electron chi connectivity index (χ2n) is 6.69. The van der Waals surface area contributed by atoms with Gasteiger partial charge in [0.1, 0.15) is 6.61 Å². The molecule has 0 aromatic heterocycles. The summed E-state index contributed by atoms with van der Waals surface area (Å²) in [5, 5.41) is 0.692. The normalized spacial score (nSPS) is 11.1. The minimum atomic E-state index is 0.381. The van der Waals surface area contributed by atoms with Crippen LogP contribution in [0.3, 0.4) is 0 Å². The molecule has 0 N–H and O–H groups in total. The van der Waals surface area contributed by atoms with E-state index in [9.17, 15) is 0 Å². The second kappa shape index (κ2) is 10.1. The van der Waals surface area contributed by atoms with Gasteiger partial charge in [-0.25, -0.2) is 0 Å². The van der Waals surface area contributed by atoms with Gasteiger partial charge >= 0.3 is 0 Å². The van der Waals surface area contributed by atoms with Gasteiger partial charge in [-0.15, -0.1) is 0 Å². The van der Waals surface area contributed by atoms with Crippen molar-refractivity contribution in [2.75, 3.05) is 6.61 Å². The third kappa shape index (κ3) is 5.73. The van der Waals surface area contributed by atoms with Crippen LogP contribution >= 0.6 is 34.2 Å². The smallest absolute Gasteiger partial charge is 0.175 e. The Labute approximate surface area is 190 Å². The molecule has 0 saturated carbocycles. The Morgan fingerprint density at radius 2 is 1.83 bits per heavy atom. The van der Waals surface area contributed by atoms with Crippen LogP contribution in [0.4, 0.5) is 5.69 Å². The van der Waals surface area contributed by atoms with Gasteiger partial charge in [0.25, 0.3) is 0 Å². The zero-order valence-corrected chi connectivity index (χ0v) is 19.6. The third-order valence-corrected chi connectivity index (χ3v) is 5.54. The van der Waals surface area contributed by atoms with Gasteiger partial charge in [-0.05, 0) is 78.8 Å². The van der Waals surface area contributed by atoms with E-state index in [-0.39, 0.29) is 0 Å². The molecular formula is C24H23ClINO2. The summed E-state index contributed by atoms with van der Waals surface area (Å²) in [4.78, 5) is 4.65. The molecule has 3 rings (SSSR count). The maximum absolute atomic E-state index is 6.25. The van der Waals surface area contributed by atoms with Crippen LogP contribution < -0.4 is 9.47 Å². The van der Waals surface area contributed by atoms with Crippen molar-refractivity contribution in [3.63, 3.8) is 0 Å². The molecule has 0 fully saturated rings. The molecule has 0 unspecified atom stereocenters. The molecule has 0 amide bonds. The van der Waals surface area contributed by atoms with Crippen LogP contribution in [0.5, 0.6) is 11.5 Å². The van der Waals surface area contributed by atoms with E-state index in [2.05, 4.69) is 53.6 Å². The number of aliphatic imine (C=N–C) groups is 1. The van der Waals surface area contributed by atoms with Crippen molar-refractivity contribution in [3.05, 3.63) is 85.4 Å². The van der Waals surface area contributed by atoms with Gasteiger partial charge in [-0.3, -0.25) is 4.99 Å². The first-order valence-corrected chi connectivity index (χ1v) is 10.9. The molecule has 29 heavy (non-hydrogen) atoms. The molecule has 0 spiro atoms. The van der Waals surface area contributed by atoms with E-state index in [0.29, 0.717) is 24.0 Å². The fourth-order valence-corrected chi connectivity index (χ4v) is 3.90. The summed E-state index contributed by atoms with van der Waals surface area (Å²) in [6.45, 7) is 7.04. The van der Waals surface area contributed by atoms with Crippen LogP contribution in [0.1, 0.15) is 29.2 Å². The van der Waals surface area contributed by atoms with Crippen LogP contribution in [0.2, 0.25) is 5.02 Å². The van der Waals surface area contributed by atoms with Gasteiger partial charge in [-0.2, -0.15) is 0 Å². The van der Waals surface area contributed by atoms with E-state index in [1.807, 2.05) is 55.6 Å². The summed E-state index contributed by atoms with van der Waals surface area (Å²) in [6.07, 6.45) is 1.86. The average molecular weight is 520 g/mol. The van der Waals surface area contributed by atoms with E-state index in [0.717, 1.165) is 31.7 Å². The second-order valence-corrected chi connectivity index (χ2v) is 8.26. The summed E-state index contributed by atoms with van der Waals surface area (Å²) < 4.78 is 12.9. The fourth-order valence-electron chi connectivity index (χ4n) is 2.93. The van der Waals surface area contributed by atoms with Gasteiger partial charge in [-0.1, -0.05) is 47.5 Å². The van der Waals surface area contributed by atoms with E-state index in [1.54, 1.807) is 0 Å². The largest absolute Gasteiger partial charge is 0.490 e. The lowest BCUT2D eigenvalue weighted by molar-refractivity contribution is 0.267. The highest BCUT2D eigenvalue weighted by Gasteiger charge is 2.13. The summed E-state index contributed by atoms with van der Waals surface area (Å²) in [6, 6.07) is 17.9. The van der Waals surface area contributed by atoms with Gasteiger partial charge < -0.3 is 9.47 Å². The van der Waals surface area contributed by atoms with Gasteiger partial charge in [0.05, 0.1) is 15.9 Å². The Balaban J connectivity index is 1.85. The van der Waals surface area contributed by atoms with Gasteiger partial charge in [0, 0.05) is 16.8 Å². The topological polar surface area (TPSA) is 30.8 Å². The number of rotatable bonds is 7. The minimum absolute atomic E-state index is 0.381. The van der Waals surface area contributed by atoms with E-state index < -0.39 is 0 Å². The van der Waals surface area contributed by atoms with Crippen molar-refractivity contribution >= 4 is 46.1 Å². The highest BCUT2D eigenvalue weighted by atomic mass is 127. The first kappa shape index (κ1) is 21.7. The molecule has 3 nitrogen and oxygen atoms in total. The number of benzene rings is 3. The number of ether oxygens (including phenoxy) is 2. The number of hydrogen-bond acceptors (Lipinski definition) is 3. The maximum Gasteiger partial charge on any atom is 0.175 e. The highest BCUT2D eigenvalue weighted by molar-refractivity contribution is 14.1. The monoisotopic (exact) mass is 519 g/mol. The van der Waals surface area contributed by atoms with Crippen molar-refractivity contribution in [2.45, 2.75) is 27.4 Å². The number of hydrogen-bond donors (Lipinski definition) is 0. The van der Waals surface area contributed by atoms with E-state index >= 15 is 0 Å². The predicted molar refractivity (Wildman–Crippen MR) is 129 cm³/mol. The molecule has 0 saturated heterocycles. The lowest BCUT2D eigenvalue weighted by Gasteiger charge is -2.15. The summed E-state index contributed by atoms with van der Waals surface area (Å²) in [5.74, 6) is 1.42. The summed E-state index contributed by atoms with van der Waals surface area (Å²) >= 11 is 8.52. The first-order valence-electron chi connectivity index (χ1n) is 9.41. The molecule has 0 aliphatic heterocycles. The van der Waals surface area contributed by atoms with Crippen molar-refractivity contribution in [3.8, 4) is 11.5 Å². The SMILES string of the molecule is CCOc1cc(C=Nc2ccc(C)cc2C)cc(I)c1OCc1ccccc1Cl. The van der Waals surface area contributed by atoms with Crippen LogP contribution in [-0.2, 0) is 6.61 Å². The fraction of sp³-hybridized carbons (Fsp3) is 0.208. The Morgan fingerprint density at radius 1 is 1.03 bits per heavy atom. The standard InChI is InChI=1S/C24H23ClINO2/c1-4-28-23-13-18(14-27-22-10-9-16(2)11-17(22)3)12-21(26)24(23)29-15-19-7-5-6-8-20(19)25/h5-14H,4,15H2,1-3H3. The highest BCUT2D eigenvalue weighted by Crippen LogP contribution is 2.35. The van der Waals surface area contributed by atoms with Crippen molar-refractivity contribution in [2.24, 2.45) is 4.99 Å². The molecule has 0 aliphatic carbocycles. The molecule has 150 valence electrons. The van der Waals surface area contributed by atoms with E-state index in [1.165, 1.54) is 5.56 Å². The molecule has 0 atom stereocenters. The van der Waals surface area contributed by atoms with Crippen LogP contribution in [0, 0.1) is 17.4 Å². The molecule has 3 aromatic carbocycles. The average Bonchev–Trinajstić information content (AvgIpc) is 2.68. The molecule has 0 heterocycles. The summed E-state index contributed by atoms with van der Waals surface area (Å²) in [5.41, 5.74) is 5.24. The lowest BCUT2D eigenvalue weighted by atomic mass is 10.1. The Morgan fingerprint density at radius 3 is 2.55 bits per heavy atom. The minimum Gasteiger partial charge on any atom is -0.490 e. The summed E-state index contributed by atoms with van der Waals surface area (Å²) in [7, 11) is 0. The number of halogens is 2. The Hall–Kier alpha value is -2.05. The van der Waals surface area contributed by atoms with Gasteiger partial charge in [0.2, 0.25) is 0 Å². The maximum atomic E-state index is 6.25. The number of aryl methyl sites for hydroxylation is 2. The predicted octanol–water partition coefficient (Wildman–Crippen LogP) is 7.29. The quantitative estimate of drug-likeness (QED) is 0.242. The van der Waals surface area contributed by atoms with Crippen molar-refractivity contribution < 1.29 is 9.47 Å². The van der Waals surface area contributed by atoms with Gasteiger partial charge in [0.15, 0.2) is 11.5 Å². The first-order chi connectivity index (χ1) is 14.0. The zero-order chi connectivity index (χ0) is 20.8. The molecule has 3 aromatic rings.